The molecule has 3 aromatic rings. The zero-order valence-electron chi connectivity index (χ0n) is 17.1. The van der Waals surface area contributed by atoms with Crippen LogP contribution in [0.2, 0.25) is 0 Å². The van der Waals surface area contributed by atoms with Gasteiger partial charge in [-0.15, -0.1) is 11.3 Å². The molecule has 2 aromatic carbocycles. The average molecular weight is 453 g/mol. The fraction of sp³-hybridized carbons (Fsp3) is 0.292. The minimum atomic E-state index is -3.57. The van der Waals surface area contributed by atoms with E-state index in [4.69, 9.17) is 0 Å². The van der Waals surface area contributed by atoms with Crippen LogP contribution in [0.15, 0.2) is 70.9 Å². The molecule has 1 amide bonds. The van der Waals surface area contributed by atoms with Crippen LogP contribution >= 0.6 is 11.3 Å². The minimum Gasteiger partial charge on any atom is -0.327 e. The van der Waals surface area contributed by atoms with E-state index < -0.39 is 10.0 Å². The molecule has 5 nitrogen and oxygen atoms in total. The highest BCUT2D eigenvalue weighted by atomic mass is 32.2. The zero-order chi connectivity index (χ0) is 21.4. The maximum Gasteiger partial charge on any atom is 0.254 e. The molecule has 1 fully saturated rings. The number of sulfonamides is 1. The van der Waals surface area contributed by atoms with Crippen molar-refractivity contribution in [2.75, 3.05) is 19.6 Å². The number of fused-ring (bicyclic) bond motifs is 1. The molecule has 2 aliphatic heterocycles. The molecule has 5 rings (SSSR count). The van der Waals surface area contributed by atoms with Gasteiger partial charge < -0.3 is 4.90 Å². The molecule has 1 saturated heterocycles. The van der Waals surface area contributed by atoms with Crippen LogP contribution in [0, 0.1) is 0 Å². The van der Waals surface area contributed by atoms with E-state index in [0.717, 1.165) is 30.4 Å². The Balaban J connectivity index is 1.51. The van der Waals surface area contributed by atoms with Crippen LogP contribution in [0.3, 0.4) is 0 Å². The van der Waals surface area contributed by atoms with E-state index >= 15 is 0 Å². The monoisotopic (exact) mass is 452 g/mol. The first-order valence-corrected chi connectivity index (χ1v) is 12.9. The van der Waals surface area contributed by atoms with Gasteiger partial charge in [-0.05, 0) is 60.0 Å². The maximum atomic E-state index is 13.6. The SMILES string of the molecule is O=C(c1cccc(S(=O)(=O)N2CCCC2)c1)N1CCc2sccc2C1c1ccccc1. The number of benzene rings is 2. The van der Waals surface area contributed by atoms with Crippen LogP contribution in [0.25, 0.3) is 0 Å². The Labute approximate surface area is 187 Å². The summed E-state index contributed by atoms with van der Waals surface area (Å²) < 4.78 is 27.5. The molecule has 1 atom stereocenters. The van der Waals surface area contributed by atoms with Gasteiger partial charge in [-0.2, -0.15) is 4.31 Å². The van der Waals surface area contributed by atoms with Crippen molar-refractivity contribution in [2.24, 2.45) is 0 Å². The smallest absolute Gasteiger partial charge is 0.254 e. The maximum absolute atomic E-state index is 13.6. The Morgan fingerprint density at radius 3 is 2.48 bits per heavy atom. The molecular weight excluding hydrogens is 428 g/mol. The lowest BCUT2D eigenvalue weighted by Crippen LogP contribution is -2.40. The summed E-state index contributed by atoms with van der Waals surface area (Å²) in [5.41, 5.74) is 2.65. The molecule has 0 aliphatic carbocycles. The molecule has 0 spiro atoms. The first kappa shape index (κ1) is 20.4. The first-order valence-electron chi connectivity index (χ1n) is 10.6. The van der Waals surface area contributed by atoms with Gasteiger partial charge in [0.2, 0.25) is 10.0 Å². The number of carbonyl (C=O) groups excluding carboxylic acids is 1. The molecule has 3 heterocycles. The van der Waals surface area contributed by atoms with Crippen LogP contribution in [0.4, 0.5) is 0 Å². The summed E-state index contributed by atoms with van der Waals surface area (Å²) >= 11 is 1.73. The third kappa shape index (κ3) is 3.71. The van der Waals surface area contributed by atoms with Crippen LogP contribution < -0.4 is 0 Å². The second kappa shape index (κ2) is 8.22. The van der Waals surface area contributed by atoms with Gasteiger partial charge in [0.25, 0.3) is 5.91 Å². The van der Waals surface area contributed by atoms with Crippen molar-refractivity contribution in [1.29, 1.82) is 0 Å². The van der Waals surface area contributed by atoms with Crippen molar-refractivity contribution in [3.63, 3.8) is 0 Å². The first-order chi connectivity index (χ1) is 15.1. The molecule has 2 aliphatic rings. The summed E-state index contributed by atoms with van der Waals surface area (Å²) in [4.78, 5) is 17.0. The number of rotatable bonds is 4. The van der Waals surface area contributed by atoms with Gasteiger partial charge in [0.05, 0.1) is 10.9 Å². The van der Waals surface area contributed by atoms with Gasteiger partial charge in [-0.25, -0.2) is 8.42 Å². The molecule has 0 bridgehead atoms. The predicted molar refractivity (Wildman–Crippen MR) is 122 cm³/mol. The summed E-state index contributed by atoms with van der Waals surface area (Å²) in [6.45, 7) is 1.70. The lowest BCUT2D eigenvalue weighted by molar-refractivity contribution is 0.0696. The van der Waals surface area contributed by atoms with Crippen LogP contribution in [-0.4, -0.2) is 43.2 Å². The van der Waals surface area contributed by atoms with E-state index in [1.807, 2.05) is 35.2 Å². The number of nitrogens with zero attached hydrogens (tertiary/aromatic N) is 2. The highest BCUT2D eigenvalue weighted by Crippen LogP contribution is 2.38. The van der Waals surface area contributed by atoms with Crippen molar-refractivity contribution in [3.8, 4) is 0 Å². The van der Waals surface area contributed by atoms with Crippen molar-refractivity contribution < 1.29 is 13.2 Å². The van der Waals surface area contributed by atoms with Crippen molar-refractivity contribution in [1.82, 2.24) is 9.21 Å². The number of hydrogen-bond acceptors (Lipinski definition) is 4. The number of thiophene rings is 1. The predicted octanol–water partition coefficient (Wildman–Crippen LogP) is 4.32. The molecule has 0 radical (unpaired) electrons. The van der Waals surface area contributed by atoms with Crippen molar-refractivity contribution in [2.45, 2.75) is 30.2 Å². The Morgan fingerprint density at radius 2 is 1.71 bits per heavy atom. The van der Waals surface area contributed by atoms with Crippen molar-refractivity contribution >= 4 is 27.3 Å². The lowest BCUT2D eigenvalue weighted by atomic mass is 9.92. The summed E-state index contributed by atoms with van der Waals surface area (Å²) in [6.07, 6.45) is 2.58. The normalized spacial score (nSPS) is 19.4. The number of carbonyl (C=O) groups is 1. The molecule has 0 N–H and O–H groups in total. The standard InChI is InChI=1S/C24H24N2O3S2/c27-24(19-9-6-10-20(17-19)31(28,29)25-13-4-5-14-25)26-15-11-22-21(12-16-30-22)23(26)18-7-2-1-3-8-18/h1-3,6-10,12,16-17,23H,4-5,11,13-15H2. The molecule has 1 aromatic heterocycles. The van der Waals surface area contributed by atoms with E-state index in [1.165, 1.54) is 9.18 Å². The van der Waals surface area contributed by atoms with E-state index in [2.05, 4.69) is 11.4 Å². The van der Waals surface area contributed by atoms with Gasteiger partial charge in [0.15, 0.2) is 0 Å². The van der Waals surface area contributed by atoms with Gasteiger partial charge >= 0.3 is 0 Å². The van der Waals surface area contributed by atoms with Gasteiger partial charge in [0.1, 0.15) is 0 Å². The van der Waals surface area contributed by atoms with Crippen LogP contribution in [0.5, 0.6) is 0 Å². The largest absolute Gasteiger partial charge is 0.327 e. The third-order valence-corrected chi connectivity index (χ3v) is 9.02. The van der Waals surface area contributed by atoms with Gasteiger partial charge in [0, 0.05) is 30.1 Å². The zero-order valence-corrected chi connectivity index (χ0v) is 18.7. The summed E-state index contributed by atoms with van der Waals surface area (Å²) in [5.74, 6) is -0.135. The highest BCUT2D eigenvalue weighted by Gasteiger charge is 2.34. The topological polar surface area (TPSA) is 57.7 Å². The third-order valence-electron chi connectivity index (χ3n) is 6.13. The summed E-state index contributed by atoms with van der Waals surface area (Å²) in [7, 11) is -3.57. The molecular formula is C24H24N2O3S2. The average Bonchev–Trinajstić information content (AvgIpc) is 3.51. The quantitative estimate of drug-likeness (QED) is 0.592. The molecule has 7 heteroatoms. The molecule has 1 unspecified atom stereocenters. The molecule has 31 heavy (non-hydrogen) atoms. The van der Waals surface area contributed by atoms with E-state index in [9.17, 15) is 13.2 Å². The fourth-order valence-electron chi connectivity index (χ4n) is 4.56. The van der Waals surface area contributed by atoms with Crippen molar-refractivity contribution in [3.05, 3.63) is 87.6 Å². The van der Waals surface area contributed by atoms with Crippen LogP contribution in [-0.2, 0) is 16.4 Å². The summed E-state index contributed by atoms with van der Waals surface area (Å²) in [6, 6.07) is 18.5. The van der Waals surface area contributed by atoms with Gasteiger partial charge in [-0.3, -0.25) is 4.79 Å². The second-order valence-electron chi connectivity index (χ2n) is 8.00. The lowest BCUT2D eigenvalue weighted by Gasteiger charge is -2.36. The Bertz CT molecular complexity index is 1200. The molecule has 160 valence electrons. The minimum absolute atomic E-state index is 0.135. The Hall–Kier alpha value is -2.48. The highest BCUT2D eigenvalue weighted by molar-refractivity contribution is 7.89. The van der Waals surface area contributed by atoms with E-state index in [1.54, 1.807) is 35.6 Å². The van der Waals surface area contributed by atoms with E-state index in [0.29, 0.717) is 25.2 Å². The summed E-state index contributed by atoms with van der Waals surface area (Å²) in [5, 5.41) is 2.08. The number of hydrogen-bond donors (Lipinski definition) is 0. The second-order valence-corrected chi connectivity index (χ2v) is 10.9. The van der Waals surface area contributed by atoms with Crippen LogP contribution in [0.1, 0.15) is 45.2 Å². The molecule has 0 saturated carbocycles. The Morgan fingerprint density at radius 1 is 0.935 bits per heavy atom. The fourth-order valence-corrected chi connectivity index (χ4v) is 7.03. The Kier molecular flexibility index (Phi) is 5.42. The van der Waals surface area contributed by atoms with E-state index in [-0.39, 0.29) is 16.8 Å². The number of amides is 1. The van der Waals surface area contributed by atoms with Gasteiger partial charge in [-0.1, -0.05) is 36.4 Å².